The van der Waals surface area contributed by atoms with E-state index in [-0.39, 0.29) is 25.7 Å². The highest BCUT2D eigenvalue weighted by Crippen LogP contribution is 2.16. The van der Waals surface area contributed by atoms with Crippen molar-refractivity contribution in [3.05, 3.63) is 35.9 Å². The normalized spacial score (nSPS) is 20.7. The molecule has 7 nitrogen and oxygen atoms in total. The summed E-state index contributed by atoms with van der Waals surface area (Å²) in [6.45, 7) is 5.96. The molecule has 0 spiro atoms. The molecule has 1 saturated heterocycles. The third-order valence-electron chi connectivity index (χ3n) is 3.61. The first-order valence-electron chi connectivity index (χ1n) is 8.36. The Kier molecular flexibility index (Phi) is 6.25. The number of piperidine rings is 1. The fraction of sp³-hybridized carbons (Fsp3) is 0.556. The van der Waals surface area contributed by atoms with Gasteiger partial charge in [0.05, 0.1) is 18.7 Å². The van der Waals surface area contributed by atoms with Crippen LogP contribution in [0.2, 0.25) is 0 Å². The minimum absolute atomic E-state index is 0.164. The molecule has 0 unspecified atom stereocenters. The lowest BCUT2D eigenvalue weighted by Crippen LogP contribution is -2.55. The van der Waals surface area contributed by atoms with E-state index >= 15 is 0 Å². The second-order valence-electron chi connectivity index (χ2n) is 7.18. The highest BCUT2D eigenvalue weighted by molar-refractivity contribution is 5.70. The fourth-order valence-corrected chi connectivity index (χ4v) is 2.58. The number of amides is 2. The van der Waals surface area contributed by atoms with Crippen molar-refractivity contribution in [2.45, 2.75) is 51.5 Å². The van der Waals surface area contributed by atoms with Crippen molar-refractivity contribution in [1.29, 1.82) is 0 Å². The number of nitrogens with zero attached hydrogens (tertiary/aromatic N) is 1. The molecule has 1 aromatic carbocycles. The van der Waals surface area contributed by atoms with Gasteiger partial charge >= 0.3 is 12.2 Å². The van der Waals surface area contributed by atoms with Gasteiger partial charge in [-0.3, -0.25) is 0 Å². The Hall–Kier alpha value is -2.28. The van der Waals surface area contributed by atoms with Gasteiger partial charge in [-0.15, -0.1) is 0 Å². The van der Waals surface area contributed by atoms with E-state index in [9.17, 15) is 14.7 Å². The number of hydrogen-bond donors (Lipinski definition) is 2. The summed E-state index contributed by atoms with van der Waals surface area (Å²) in [5.74, 6) is 0. The number of carbonyl (C=O) groups is 2. The molecule has 1 aromatic rings. The zero-order valence-corrected chi connectivity index (χ0v) is 14.9. The number of hydrogen-bond acceptors (Lipinski definition) is 5. The molecular formula is C18H26N2O5. The summed E-state index contributed by atoms with van der Waals surface area (Å²) in [6.07, 6.45) is -1.44. The number of carbonyl (C=O) groups excluding carboxylic acids is 2. The summed E-state index contributed by atoms with van der Waals surface area (Å²) in [7, 11) is 0. The van der Waals surface area contributed by atoms with Gasteiger partial charge in [-0.05, 0) is 32.8 Å². The molecule has 0 bridgehead atoms. The highest BCUT2D eigenvalue weighted by Gasteiger charge is 2.32. The molecule has 25 heavy (non-hydrogen) atoms. The van der Waals surface area contributed by atoms with Gasteiger partial charge in [0.2, 0.25) is 0 Å². The minimum Gasteiger partial charge on any atom is -0.445 e. The van der Waals surface area contributed by atoms with E-state index in [1.54, 1.807) is 20.8 Å². The number of aliphatic hydroxyl groups is 1. The molecule has 7 heteroatoms. The van der Waals surface area contributed by atoms with Crippen molar-refractivity contribution in [3.8, 4) is 0 Å². The van der Waals surface area contributed by atoms with E-state index in [0.29, 0.717) is 6.42 Å². The molecule has 2 atom stereocenters. The zero-order valence-electron chi connectivity index (χ0n) is 14.9. The number of β-amino-alcohol motifs (C(OH)–C–C–N with tert-alkyl or cyclic N) is 1. The summed E-state index contributed by atoms with van der Waals surface area (Å²) in [4.78, 5) is 25.5. The van der Waals surface area contributed by atoms with Gasteiger partial charge in [0.1, 0.15) is 12.2 Å². The van der Waals surface area contributed by atoms with E-state index in [1.165, 1.54) is 4.90 Å². The van der Waals surface area contributed by atoms with E-state index in [1.807, 2.05) is 30.3 Å². The first-order valence-corrected chi connectivity index (χ1v) is 8.36. The van der Waals surface area contributed by atoms with Crippen LogP contribution in [0.4, 0.5) is 9.59 Å². The number of aliphatic hydroxyl groups excluding tert-OH is 1. The standard InChI is InChI=1S/C18H26N2O5/c1-18(2,3)25-17(23)20-10-14(9-15(21)11-20)19-16(22)24-12-13-7-5-4-6-8-13/h4-8,14-15,21H,9-12H2,1-3H3,(H,19,22)/t14-,15-/m0/s1. The van der Waals surface area contributed by atoms with Crippen LogP contribution >= 0.6 is 0 Å². The number of nitrogens with one attached hydrogen (secondary N) is 1. The third kappa shape index (κ3) is 6.62. The van der Waals surface area contributed by atoms with Crippen molar-refractivity contribution in [2.75, 3.05) is 13.1 Å². The topological polar surface area (TPSA) is 88.1 Å². The maximum absolute atomic E-state index is 12.1. The molecule has 1 heterocycles. The Bertz CT molecular complexity index is 585. The van der Waals surface area contributed by atoms with Crippen molar-refractivity contribution in [2.24, 2.45) is 0 Å². The average molecular weight is 350 g/mol. The second kappa shape index (κ2) is 8.20. The lowest BCUT2D eigenvalue weighted by Gasteiger charge is -2.36. The summed E-state index contributed by atoms with van der Waals surface area (Å²) in [5, 5.41) is 12.7. The Labute approximate surface area is 147 Å². The monoisotopic (exact) mass is 350 g/mol. The molecule has 1 aliphatic rings. The predicted octanol–water partition coefficient (Wildman–Crippen LogP) is 2.28. The van der Waals surface area contributed by atoms with Crippen LogP contribution in [0.3, 0.4) is 0 Å². The number of rotatable bonds is 3. The van der Waals surface area contributed by atoms with Gasteiger partial charge < -0.3 is 24.8 Å². The average Bonchev–Trinajstić information content (AvgIpc) is 2.52. The molecule has 1 fully saturated rings. The van der Waals surface area contributed by atoms with Crippen LogP contribution in [-0.4, -0.2) is 53.0 Å². The second-order valence-corrected chi connectivity index (χ2v) is 7.18. The van der Waals surface area contributed by atoms with E-state index in [2.05, 4.69) is 5.32 Å². The van der Waals surface area contributed by atoms with E-state index < -0.39 is 23.9 Å². The molecule has 2 rings (SSSR count). The van der Waals surface area contributed by atoms with Crippen LogP contribution in [0.1, 0.15) is 32.8 Å². The number of likely N-dealkylation sites (tertiary alicyclic amines) is 1. The zero-order chi connectivity index (χ0) is 18.4. The Morgan fingerprint density at radius 3 is 2.56 bits per heavy atom. The molecule has 1 aliphatic heterocycles. The first kappa shape index (κ1) is 19.1. The van der Waals surface area contributed by atoms with Gasteiger partial charge in [0.15, 0.2) is 0 Å². The lowest BCUT2D eigenvalue weighted by atomic mass is 10.0. The minimum atomic E-state index is -0.722. The van der Waals surface area contributed by atoms with Crippen molar-refractivity contribution >= 4 is 12.2 Å². The van der Waals surface area contributed by atoms with Gasteiger partial charge in [0, 0.05) is 6.54 Å². The first-order chi connectivity index (χ1) is 11.7. The van der Waals surface area contributed by atoms with Crippen molar-refractivity contribution < 1.29 is 24.2 Å². The summed E-state index contributed by atoms with van der Waals surface area (Å²) in [6, 6.07) is 8.96. The quantitative estimate of drug-likeness (QED) is 0.873. The lowest BCUT2D eigenvalue weighted by molar-refractivity contribution is -0.00260. The van der Waals surface area contributed by atoms with Crippen molar-refractivity contribution in [1.82, 2.24) is 10.2 Å². The van der Waals surface area contributed by atoms with Crippen LogP contribution in [0, 0.1) is 0 Å². The van der Waals surface area contributed by atoms with Crippen LogP contribution in [0.5, 0.6) is 0 Å². The number of ether oxygens (including phenoxy) is 2. The molecule has 0 aromatic heterocycles. The van der Waals surface area contributed by atoms with E-state index in [0.717, 1.165) is 5.56 Å². The van der Waals surface area contributed by atoms with Crippen LogP contribution in [-0.2, 0) is 16.1 Å². The number of benzene rings is 1. The molecule has 0 radical (unpaired) electrons. The maximum Gasteiger partial charge on any atom is 0.410 e. The molecule has 0 saturated carbocycles. The molecule has 2 N–H and O–H groups in total. The summed E-state index contributed by atoms with van der Waals surface area (Å²) >= 11 is 0. The molecular weight excluding hydrogens is 324 g/mol. The smallest absolute Gasteiger partial charge is 0.410 e. The van der Waals surface area contributed by atoms with E-state index in [4.69, 9.17) is 9.47 Å². The fourth-order valence-electron chi connectivity index (χ4n) is 2.58. The van der Waals surface area contributed by atoms with Gasteiger partial charge in [-0.1, -0.05) is 30.3 Å². The predicted molar refractivity (Wildman–Crippen MR) is 92.0 cm³/mol. The van der Waals surface area contributed by atoms with Crippen LogP contribution in [0.15, 0.2) is 30.3 Å². The van der Waals surface area contributed by atoms with Gasteiger partial charge in [-0.25, -0.2) is 9.59 Å². The Balaban J connectivity index is 1.84. The molecule has 138 valence electrons. The summed E-state index contributed by atoms with van der Waals surface area (Å²) in [5.41, 5.74) is 0.272. The van der Waals surface area contributed by atoms with Crippen LogP contribution in [0.25, 0.3) is 0 Å². The molecule has 2 amide bonds. The maximum atomic E-state index is 12.1. The van der Waals surface area contributed by atoms with Gasteiger partial charge in [0.25, 0.3) is 0 Å². The largest absolute Gasteiger partial charge is 0.445 e. The Morgan fingerprint density at radius 1 is 1.24 bits per heavy atom. The molecule has 0 aliphatic carbocycles. The third-order valence-corrected chi connectivity index (χ3v) is 3.61. The summed E-state index contributed by atoms with van der Waals surface area (Å²) < 4.78 is 10.5. The highest BCUT2D eigenvalue weighted by atomic mass is 16.6. The van der Waals surface area contributed by atoms with Gasteiger partial charge in [-0.2, -0.15) is 0 Å². The SMILES string of the molecule is CC(C)(C)OC(=O)N1C[C@@H](O)C[C@H](NC(=O)OCc2ccccc2)C1. The van der Waals surface area contributed by atoms with Crippen LogP contribution < -0.4 is 5.32 Å². The Morgan fingerprint density at radius 2 is 1.92 bits per heavy atom. The van der Waals surface area contributed by atoms with Crippen molar-refractivity contribution in [3.63, 3.8) is 0 Å². The number of alkyl carbamates (subject to hydrolysis) is 1.